The van der Waals surface area contributed by atoms with E-state index in [9.17, 15) is 14.4 Å². The van der Waals surface area contributed by atoms with Gasteiger partial charge in [-0.1, -0.05) is 11.6 Å². The molecule has 7 nitrogen and oxygen atoms in total. The van der Waals surface area contributed by atoms with E-state index in [4.69, 9.17) is 4.42 Å². The fourth-order valence-corrected chi connectivity index (χ4v) is 3.74. The Bertz CT molecular complexity index is 891. The van der Waals surface area contributed by atoms with Gasteiger partial charge in [0.2, 0.25) is 11.8 Å². The molecule has 0 unspecified atom stereocenters. The highest BCUT2D eigenvalue weighted by Gasteiger charge is 2.42. The van der Waals surface area contributed by atoms with Crippen molar-refractivity contribution in [1.82, 2.24) is 10.2 Å². The van der Waals surface area contributed by atoms with Crippen molar-refractivity contribution in [2.45, 2.75) is 32.4 Å². The minimum Gasteiger partial charge on any atom is -0.467 e. The molecule has 1 aromatic carbocycles. The van der Waals surface area contributed by atoms with E-state index in [1.807, 2.05) is 13.0 Å². The predicted octanol–water partition coefficient (Wildman–Crippen LogP) is 1.86. The first-order valence-electron chi connectivity index (χ1n) is 9.06. The van der Waals surface area contributed by atoms with Gasteiger partial charge in [0, 0.05) is 6.54 Å². The highest BCUT2D eigenvalue weighted by molar-refractivity contribution is 6.12. The van der Waals surface area contributed by atoms with Crippen LogP contribution in [0.3, 0.4) is 0 Å². The van der Waals surface area contributed by atoms with E-state index < -0.39 is 6.04 Å². The molecule has 0 bridgehead atoms. The molecule has 0 radical (unpaired) electrons. The van der Waals surface area contributed by atoms with Crippen LogP contribution < -0.4 is 10.2 Å². The molecule has 1 saturated heterocycles. The Morgan fingerprint density at radius 1 is 1.30 bits per heavy atom. The maximum atomic E-state index is 13.1. The number of benzene rings is 1. The van der Waals surface area contributed by atoms with Crippen molar-refractivity contribution < 1.29 is 18.8 Å². The lowest BCUT2D eigenvalue weighted by molar-refractivity contribution is -0.125. The molecule has 2 aromatic rings. The molecule has 0 spiro atoms. The van der Waals surface area contributed by atoms with E-state index >= 15 is 0 Å². The Balaban J connectivity index is 1.61. The molecule has 7 heteroatoms. The van der Waals surface area contributed by atoms with E-state index in [0.717, 1.165) is 12.0 Å². The van der Waals surface area contributed by atoms with Gasteiger partial charge in [-0.2, -0.15) is 0 Å². The summed E-state index contributed by atoms with van der Waals surface area (Å²) in [6.45, 7) is 2.60. The van der Waals surface area contributed by atoms with Crippen LogP contribution in [0.15, 0.2) is 41.0 Å². The van der Waals surface area contributed by atoms with Crippen molar-refractivity contribution in [3.05, 3.63) is 53.5 Å². The first-order chi connectivity index (χ1) is 13.0. The molecule has 1 atom stereocenters. The average molecular weight is 367 g/mol. The zero-order valence-corrected chi connectivity index (χ0v) is 15.1. The molecular weight excluding hydrogens is 346 g/mol. The van der Waals surface area contributed by atoms with E-state index in [1.54, 1.807) is 35.4 Å². The highest BCUT2D eigenvalue weighted by atomic mass is 16.3. The zero-order chi connectivity index (χ0) is 19.0. The van der Waals surface area contributed by atoms with Crippen molar-refractivity contribution in [3.63, 3.8) is 0 Å². The standard InChI is InChI=1S/C20H21N3O4/c1-13-6-7-16-15(10-13)19(25)22-8-2-5-17(22)20(26)23(16)12-18(24)21-11-14-4-3-9-27-14/h3-4,6-7,9-10,17H,2,5,8,11-12H2,1H3,(H,21,24)/t17-/m0/s1. The Morgan fingerprint density at radius 3 is 2.93 bits per heavy atom. The smallest absolute Gasteiger partial charge is 0.256 e. The van der Waals surface area contributed by atoms with Gasteiger partial charge < -0.3 is 19.5 Å². The molecule has 2 aliphatic rings. The second-order valence-corrected chi connectivity index (χ2v) is 6.96. The summed E-state index contributed by atoms with van der Waals surface area (Å²) in [5.74, 6) is 0.00327. The van der Waals surface area contributed by atoms with E-state index in [-0.39, 0.29) is 30.8 Å². The number of amides is 3. The normalized spacial score (nSPS) is 18.9. The monoisotopic (exact) mass is 367 g/mol. The number of hydrogen-bond donors (Lipinski definition) is 1. The van der Waals surface area contributed by atoms with Gasteiger partial charge in [-0.3, -0.25) is 14.4 Å². The second-order valence-electron chi connectivity index (χ2n) is 6.96. The number of hydrogen-bond acceptors (Lipinski definition) is 4. The number of carbonyl (C=O) groups is 3. The van der Waals surface area contributed by atoms with Crippen LogP contribution >= 0.6 is 0 Å². The number of rotatable bonds is 4. The maximum Gasteiger partial charge on any atom is 0.256 e. The van der Waals surface area contributed by atoms with Gasteiger partial charge in [0.05, 0.1) is 24.1 Å². The van der Waals surface area contributed by atoms with Crippen LogP contribution in [0, 0.1) is 6.92 Å². The van der Waals surface area contributed by atoms with Gasteiger partial charge in [-0.15, -0.1) is 0 Å². The van der Waals surface area contributed by atoms with Crippen molar-refractivity contribution in [2.24, 2.45) is 0 Å². The Labute approximate surface area is 156 Å². The van der Waals surface area contributed by atoms with Crippen molar-refractivity contribution in [2.75, 3.05) is 18.0 Å². The van der Waals surface area contributed by atoms with Gasteiger partial charge >= 0.3 is 0 Å². The second kappa shape index (κ2) is 6.90. The van der Waals surface area contributed by atoms with Crippen LogP contribution in [0.4, 0.5) is 5.69 Å². The van der Waals surface area contributed by atoms with Crippen LogP contribution in [0.2, 0.25) is 0 Å². The van der Waals surface area contributed by atoms with Crippen LogP contribution in [-0.4, -0.2) is 41.8 Å². The number of furan rings is 1. The third kappa shape index (κ3) is 3.20. The molecule has 4 rings (SSSR count). The predicted molar refractivity (Wildman–Crippen MR) is 98.1 cm³/mol. The number of aryl methyl sites for hydroxylation is 1. The Hall–Kier alpha value is -3.09. The lowest BCUT2D eigenvalue weighted by Crippen LogP contribution is -2.48. The van der Waals surface area contributed by atoms with Crippen molar-refractivity contribution >= 4 is 23.4 Å². The fraction of sp³-hybridized carbons (Fsp3) is 0.350. The fourth-order valence-electron chi connectivity index (χ4n) is 3.74. The molecule has 0 aliphatic carbocycles. The van der Waals surface area contributed by atoms with Crippen LogP contribution in [0.25, 0.3) is 0 Å². The SMILES string of the molecule is Cc1ccc2c(c1)C(=O)N1CCC[C@H]1C(=O)N2CC(=O)NCc1ccco1. The van der Waals surface area contributed by atoms with Crippen LogP contribution in [0.1, 0.15) is 34.5 Å². The third-order valence-electron chi connectivity index (χ3n) is 5.08. The summed E-state index contributed by atoms with van der Waals surface area (Å²) in [4.78, 5) is 41.6. The van der Waals surface area contributed by atoms with Crippen molar-refractivity contribution in [1.29, 1.82) is 0 Å². The average Bonchev–Trinajstić information content (AvgIpc) is 3.33. The van der Waals surface area contributed by atoms with E-state index in [2.05, 4.69) is 5.32 Å². The molecule has 1 aromatic heterocycles. The summed E-state index contributed by atoms with van der Waals surface area (Å²) in [7, 11) is 0. The minimum absolute atomic E-state index is 0.132. The number of fused-ring (bicyclic) bond motifs is 2. The highest BCUT2D eigenvalue weighted by Crippen LogP contribution is 2.32. The summed E-state index contributed by atoms with van der Waals surface area (Å²) in [5, 5.41) is 2.76. The van der Waals surface area contributed by atoms with Gasteiger partial charge in [-0.25, -0.2) is 0 Å². The molecular formula is C20H21N3O4. The number of nitrogens with zero attached hydrogens (tertiary/aromatic N) is 2. The summed E-state index contributed by atoms with van der Waals surface area (Å²) < 4.78 is 5.21. The molecule has 1 N–H and O–H groups in total. The van der Waals surface area contributed by atoms with Gasteiger partial charge in [-0.05, 0) is 44.0 Å². The molecule has 2 aliphatic heterocycles. The summed E-state index contributed by atoms with van der Waals surface area (Å²) in [5.41, 5.74) is 1.92. The lowest BCUT2D eigenvalue weighted by atomic mass is 10.1. The number of nitrogens with one attached hydrogen (secondary N) is 1. The summed E-state index contributed by atoms with van der Waals surface area (Å²) >= 11 is 0. The number of carbonyl (C=O) groups excluding carboxylic acids is 3. The molecule has 27 heavy (non-hydrogen) atoms. The van der Waals surface area contributed by atoms with Crippen LogP contribution in [0.5, 0.6) is 0 Å². The van der Waals surface area contributed by atoms with Gasteiger partial charge in [0.15, 0.2) is 0 Å². The minimum atomic E-state index is -0.497. The summed E-state index contributed by atoms with van der Waals surface area (Å²) in [6, 6.07) is 8.41. The molecule has 3 heterocycles. The van der Waals surface area contributed by atoms with E-state index in [1.165, 1.54) is 4.90 Å². The largest absolute Gasteiger partial charge is 0.467 e. The first kappa shape index (κ1) is 17.3. The maximum absolute atomic E-state index is 13.1. The summed E-state index contributed by atoms with van der Waals surface area (Å²) in [6.07, 6.45) is 2.96. The molecule has 3 amide bonds. The number of anilines is 1. The third-order valence-corrected chi connectivity index (χ3v) is 5.08. The molecule has 1 fully saturated rings. The molecule has 140 valence electrons. The Morgan fingerprint density at radius 2 is 2.15 bits per heavy atom. The van der Waals surface area contributed by atoms with Gasteiger partial charge in [0.25, 0.3) is 5.91 Å². The lowest BCUT2D eigenvalue weighted by Gasteiger charge is -2.25. The van der Waals surface area contributed by atoms with Gasteiger partial charge in [0.1, 0.15) is 18.3 Å². The zero-order valence-electron chi connectivity index (χ0n) is 15.1. The van der Waals surface area contributed by atoms with Crippen LogP contribution in [-0.2, 0) is 16.1 Å². The van der Waals surface area contributed by atoms with E-state index in [0.29, 0.717) is 30.0 Å². The topological polar surface area (TPSA) is 82.9 Å². The molecule has 0 saturated carbocycles. The Kier molecular flexibility index (Phi) is 4.43. The first-order valence-corrected chi connectivity index (χ1v) is 9.06. The quantitative estimate of drug-likeness (QED) is 0.894. The van der Waals surface area contributed by atoms with Crippen molar-refractivity contribution in [3.8, 4) is 0 Å².